The molecule has 1 aliphatic carbocycles. The third-order valence-electron chi connectivity index (χ3n) is 9.27. The van der Waals surface area contributed by atoms with Gasteiger partial charge in [0.25, 0.3) is 11.8 Å². The number of ether oxygens (including phenoxy) is 2. The molecule has 3 aliphatic rings. The largest absolute Gasteiger partial charge is 0.496 e. The molecule has 12 heteroatoms. The van der Waals surface area contributed by atoms with Gasteiger partial charge >= 0.3 is 6.03 Å². The first kappa shape index (κ1) is 31.0. The van der Waals surface area contributed by atoms with Crippen molar-refractivity contribution in [1.82, 2.24) is 25.5 Å². The number of hydrogen-bond acceptors (Lipinski definition) is 8. The fourth-order valence-electron chi connectivity index (χ4n) is 6.51. The van der Waals surface area contributed by atoms with Gasteiger partial charge in [-0.3, -0.25) is 14.5 Å². The Morgan fingerprint density at radius 3 is 2.63 bits per heavy atom. The van der Waals surface area contributed by atoms with Crippen LogP contribution in [0.5, 0.6) is 11.6 Å². The Labute approximate surface area is 266 Å². The molecule has 46 heavy (non-hydrogen) atoms. The Bertz CT molecular complexity index is 1710. The molecule has 4 unspecified atom stereocenters. The zero-order valence-corrected chi connectivity index (χ0v) is 26.0. The zero-order valence-electron chi connectivity index (χ0n) is 26.0. The molecular weight excluding hydrogens is 588 g/mol. The second-order valence-electron chi connectivity index (χ2n) is 12.2. The molecular formula is C34H38N6O6. The molecule has 1 saturated heterocycles. The number of urea groups is 1. The van der Waals surface area contributed by atoms with Gasteiger partial charge in [-0.25, -0.2) is 9.78 Å². The number of methoxy groups -OCH3 is 1. The molecule has 0 bridgehead atoms. The predicted molar refractivity (Wildman–Crippen MR) is 170 cm³/mol. The number of aromatic nitrogens is 2. The number of carbonyl (C=O) groups is 4. The molecule has 12 nitrogen and oxygen atoms in total. The first-order valence-corrected chi connectivity index (χ1v) is 15.6. The van der Waals surface area contributed by atoms with Crippen LogP contribution in [0.1, 0.15) is 44.1 Å². The number of aryl methyl sites for hydroxylation is 1. The van der Waals surface area contributed by atoms with Crippen LogP contribution in [0, 0.1) is 12.8 Å². The molecule has 240 valence electrons. The molecule has 2 aliphatic heterocycles. The minimum Gasteiger partial charge on any atom is -0.496 e. The van der Waals surface area contributed by atoms with E-state index in [1.54, 1.807) is 19.2 Å². The lowest BCUT2D eigenvalue weighted by atomic mass is 9.92. The summed E-state index contributed by atoms with van der Waals surface area (Å²) in [6, 6.07) is 12.4. The number of rotatable bonds is 6. The molecule has 0 spiro atoms. The van der Waals surface area contributed by atoms with Crippen LogP contribution in [0.4, 0.5) is 4.79 Å². The second kappa shape index (κ2) is 12.4. The normalized spacial score (nSPS) is 27.2. The summed E-state index contributed by atoms with van der Waals surface area (Å²) in [5.74, 6) is -0.752. The summed E-state index contributed by atoms with van der Waals surface area (Å²) < 4.78 is 12.0. The maximum absolute atomic E-state index is 14.1. The number of aldehydes is 1. The van der Waals surface area contributed by atoms with E-state index in [1.807, 2.05) is 49.4 Å². The number of carbonyl (C=O) groups excluding carboxylic acids is 4. The first-order chi connectivity index (χ1) is 22.2. The minimum atomic E-state index is -2.11. The van der Waals surface area contributed by atoms with E-state index in [0.29, 0.717) is 41.7 Å². The minimum absolute atomic E-state index is 0.124. The Morgan fingerprint density at radius 1 is 1.09 bits per heavy atom. The van der Waals surface area contributed by atoms with E-state index in [2.05, 4.69) is 10.6 Å². The summed E-state index contributed by atoms with van der Waals surface area (Å²) >= 11 is 0. The third-order valence-corrected chi connectivity index (χ3v) is 9.27. The number of benzene rings is 2. The Balaban J connectivity index is 1.40. The summed E-state index contributed by atoms with van der Waals surface area (Å²) in [7, 11) is 1.58. The molecule has 4 N–H and O–H groups in total. The standard InChI is InChI=1S/C34H38N6O6/c1-21-26(45-2)15-14-25-27(21)37-28(22-11-7-6-8-12-22)38-29(25)46-24-18-34(30(35)42)31(43)39-33(20-41)17-23(33)13-9-4-3-5-10-16-36-32(44)40(34)19-24/h6-9,11-15,20,23-24H,3-5,10,16-19H2,1-2H3,(H2,35,42)(H,36,44)(H,39,43)/b13-9+. The molecule has 4 amide bonds. The van der Waals surface area contributed by atoms with Gasteiger partial charge < -0.3 is 30.6 Å². The number of amides is 4. The predicted octanol–water partition coefficient (Wildman–Crippen LogP) is 3.20. The number of fused-ring (bicyclic) bond motifs is 3. The van der Waals surface area contributed by atoms with Crippen molar-refractivity contribution in [1.29, 1.82) is 0 Å². The van der Waals surface area contributed by atoms with Crippen molar-refractivity contribution >= 4 is 35.0 Å². The number of hydrogen-bond donors (Lipinski definition) is 3. The van der Waals surface area contributed by atoms with Crippen molar-refractivity contribution in [2.24, 2.45) is 11.7 Å². The van der Waals surface area contributed by atoms with E-state index < -0.39 is 35.0 Å². The lowest BCUT2D eigenvalue weighted by Gasteiger charge is -2.34. The molecule has 0 radical (unpaired) electrons. The monoisotopic (exact) mass is 626 g/mol. The molecule has 6 rings (SSSR count). The van der Waals surface area contributed by atoms with Crippen molar-refractivity contribution in [3.63, 3.8) is 0 Å². The van der Waals surface area contributed by atoms with Gasteiger partial charge in [-0.15, -0.1) is 0 Å². The average Bonchev–Trinajstić information content (AvgIpc) is 3.59. The summed E-state index contributed by atoms with van der Waals surface area (Å²) in [6.07, 6.45) is 7.33. The van der Waals surface area contributed by atoms with E-state index in [1.165, 1.54) is 0 Å². The Morgan fingerprint density at radius 2 is 1.89 bits per heavy atom. The molecule has 3 heterocycles. The van der Waals surface area contributed by atoms with Crippen LogP contribution in [-0.2, 0) is 14.4 Å². The summed E-state index contributed by atoms with van der Waals surface area (Å²) in [5.41, 5.74) is 4.86. The van der Waals surface area contributed by atoms with Crippen LogP contribution in [0.15, 0.2) is 54.6 Å². The summed E-state index contributed by atoms with van der Waals surface area (Å²) in [4.78, 5) is 64.0. The fraction of sp³-hybridized carbons (Fsp3) is 0.412. The molecule has 1 saturated carbocycles. The number of nitrogens with one attached hydrogen (secondary N) is 2. The Hall–Kier alpha value is -5.00. The molecule has 4 atom stereocenters. The van der Waals surface area contributed by atoms with Crippen LogP contribution in [0.2, 0.25) is 0 Å². The molecule has 3 aromatic rings. The Kier molecular flexibility index (Phi) is 8.37. The lowest BCUT2D eigenvalue weighted by Crippen LogP contribution is -2.67. The van der Waals surface area contributed by atoms with Crippen molar-refractivity contribution in [2.45, 2.75) is 62.6 Å². The highest BCUT2D eigenvalue weighted by Gasteiger charge is 2.63. The van der Waals surface area contributed by atoms with Gasteiger partial charge in [0, 0.05) is 30.0 Å². The van der Waals surface area contributed by atoms with Crippen LogP contribution in [0.25, 0.3) is 22.3 Å². The van der Waals surface area contributed by atoms with Gasteiger partial charge in [0.05, 0.1) is 24.6 Å². The van der Waals surface area contributed by atoms with Crippen molar-refractivity contribution in [2.75, 3.05) is 20.2 Å². The van der Waals surface area contributed by atoms with Crippen LogP contribution in [0.3, 0.4) is 0 Å². The highest BCUT2D eigenvalue weighted by Crippen LogP contribution is 2.44. The topological polar surface area (TPSA) is 166 Å². The maximum Gasteiger partial charge on any atom is 0.318 e. The zero-order chi connectivity index (χ0) is 32.5. The van der Waals surface area contributed by atoms with Crippen LogP contribution in [-0.4, -0.2) is 76.4 Å². The quantitative estimate of drug-likeness (QED) is 0.213. The first-order valence-electron chi connectivity index (χ1n) is 15.6. The molecule has 2 fully saturated rings. The SMILES string of the molecule is COc1ccc2c(OC3CN4C(=O)NCCCCC/C=C/C5CC5(C=O)NC(=O)C4(C(N)=O)C3)nc(-c3ccccc3)nc2c1C. The summed E-state index contributed by atoms with van der Waals surface area (Å²) in [6.45, 7) is 2.13. The third kappa shape index (κ3) is 5.52. The number of nitrogens with zero attached hydrogens (tertiary/aromatic N) is 3. The second-order valence-corrected chi connectivity index (χ2v) is 12.2. The van der Waals surface area contributed by atoms with Gasteiger partial charge in [-0.2, -0.15) is 4.98 Å². The van der Waals surface area contributed by atoms with Crippen LogP contribution < -0.4 is 25.8 Å². The number of nitrogens with two attached hydrogens (primary N) is 1. The molecule has 2 aromatic carbocycles. The van der Waals surface area contributed by atoms with E-state index in [9.17, 15) is 19.2 Å². The smallest absolute Gasteiger partial charge is 0.318 e. The van der Waals surface area contributed by atoms with E-state index in [4.69, 9.17) is 25.2 Å². The van der Waals surface area contributed by atoms with Gasteiger partial charge in [0.1, 0.15) is 23.7 Å². The van der Waals surface area contributed by atoms with Gasteiger partial charge in [0.2, 0.25) is 11.4 Å². The van der Waals surface area contributed by atoms with E-state index in [0.717, 1.165) is 41.7 Å². The van der Waals surface area contributed by atoms with E-state index >= 15 is 0 Å². The van der Waals surface area contributed by atoms with Crippen molar-refractivity contribution in [3.8, 4) is 23.0 Å². The fourth-order valence-corrected chi connectivity index (χ4v) is 6.51. The molecule has 1 aromatic heterocycles. The summed E-state index contributed by atoms with van der Waals surface area (Å²) in [5, 5.41) is 6.23. The maximum atomic E-state index is 14.1. The lowest BCUT2D eigenvalue weighted by molar-refractivity contribution is -0.142. The highest BCUT2D eigenvalue weighted by atomic mass is 16.5. The average molecular weight is 627 g/mol. The van der Waals surface area contributed by atoms with Gasteiger partial charge in [0.15, 0.2) is 5.82 Å². The van der Waals surface area contributed by atoms with Gasteiger partial charge in [-0.05, 0) is 44.7 Å². The van der Waals surface area contributed by atoms with Crippen molar-refractivity contribution < 1.29 is 28.7 Å². The van der Waals surface area contributed by atoms with E-state index in [-0.39, 0.29) is 24.8 Å². The van der Waals surface area contributed by atoms with Gasteiger partial charge in [-0.1, -0.05) is 48.9 Å². The van der Waals surface area contributed by atoms with Crippen LogP contribution >= 0.6 is 0 Å². The van der Waals surface area contributed by atoms with Crippen molar-refractivity contribution in [3.05, 3.63) is 60.2 Å². The number of primary amides is 1. The number of allylic oxidation sites excluding steroid dienone is 1. The highest BCUT2D eigenvalue weighted by molar-refractivity contribution is 6.13.